The number of para-hydroxylation sites is 1. The van der Waals surface area contributed by atoms with Gasteiger partial charge in [-0.05, 0) is 11.5 Å². The third-order valence-corrected chi connectivity index (χ3v) is 2.92. The number of hydrogen-bond acceptors (Lipinski definition) is 1. The Morgan fingerprint density at radius 3 is 2.20 bits per heavy atom. The molecule has 0 saturated carbocycles. The molecule has 0 bridgehead atoms. The molecule has 0 saturated heterocycles. The molecule has 1 aromatic carbocycles. The molecule has 0 amide bonds. The van der Waals surface area contributed by atoms with Gasteiger partial charge in [0, 0.05) is 0 Å². The number of nitrogens with zero attached hydrogens (tertiary/aromatic N) is 1. The summed E-state index contributed by atoms with van der Waals surface area (Å²) in [5.41, 5.74) is 1.16. The molecule has 0 unspecified atom stereocenters. The van der Waals surface area contributed by atoms with Crippen molar-refractivity contribution in [2.75, 3.05) is 0 Å². The van der Waals surface area contributed by atoms with Crippen LogP contribution in [0.5, 0.6) is 5.75 Å². The first-order valence-corrected chi connectivity index (χ1v) is 7.06. The second-order valence-electron chi connectivity index (χ2n) is 3.82. The van der Waals surface area contributed by atoms with E-state index in [-0.39, 0.29) is 10.1 Å². The fourth-order valence-corrected chi connectivity index (χ4v) is 2.01. The molecule has 2 aromatic rings. The molecule has 2 nitrogen and oxygen atoms in total. The summed E-state index contributed by atoms with van der Waals surface area (Å²) < 4.78 is 7.96. The van der Waals surface area contributed by atoms with E-state index in [1.54, 1.807) is 0 Å². The Hall–Kier alpha value is -1.53. The van der Waals surface area contributed by atoms with E-state index in [0.29, 0.717) is 0 Å². The van der Waals surface area contributed by atoms with Crippen LogP contribution in [0.15, 0.2) is 36.5 Å². The van der Waals surface area contributed by atoms with E-state index in [0.717, 1.165) is 23.4 Å². The normalized spacial score (nSPS) is 12.2. The fourth-order valence-electron chi connectivity index (χ4n) is 2.01. The van der Waals surface area contributed by atoms with Crippen LogP contribution in [-0.4, -0.2) is 10.1 Å². The first-order chi connectivity index (χ1) is 9.27. The molecule has 104 valence electrons. The maximum absolute atomic E-state index is 5.77. The predicted octanol–water partition coefficient (Wildman–Crippen LogP) is 4.14. The van der Waals surface area contributed by atoms with Crippen LogP contribution < -0.4 is 9.30 Å². The third kappa shape index (κ3) is 3.32. The van der Waals surface area contributed by atoms with Gasteiger partial charge in [0.25, 0.3) is 0 Å². The summed E-state index contributed by atoms with van der Waals surface area (Å²) in [4.78, 5) is 0. The Morgan fingerprint density at radius 2 is 1.55 bits per heavy atom. The Bertz CT molecular complexity index is 522. The van der Waals surface area contributed by atoms with Gasteiger partial charge in [-0.25, -0.2) is 0 Å². The minimum atomic E-state index is 0. The van der Waals surface area contributed by atoms with Gasteiger partial charge in [0.2, 0.25) is 0 Å². The van der Waals surface area contributed by atoms with E-state index in [2.05, 4.69) is 35.9 Å². The fraction of sp³-hybridized carbons (Fsp3) is 0.353. The average molecular weight is 267 g/mol. The Labute approximate surface area is 127 Å². The molecular formula is C17H24BeNO+. The van der Waals surface area contributed by atoms with Gasteiger partial charge in [-0.3, -0.25) is 0 Å². The third-order valence-electron chi connectivity index (χ3n) is 2.92. The van der Waals surface area contributed by atoms with Crippen molar-refractivity contribution in [2.45, 2.75) is 41.5 Å². The Kier molecular flexibility index (Phi) is 7.94. The molecule has 1 aliphatic rings. The van der Waals surface area contributed by atoms with Crippen LogP contribution in [0.1, 0.15) is 41.5 Å². The zero-order valence-electron chi connectivity index (χ0n) is 13.5. The minimum Gasteiger partial charge on any atom is -0.667 e. The SMILES string of the molecule is CC.CC.C[C-]1Oc2cccc3ccc[n+](c23)[C-]1C.[Be+2]. The van der Waals surface area contributed by atoms with Crippen LogP contribution in [0.4, 0.5) is 0 Å². The summed E-state index contributed by atoms with van der Waals surface area (Å²) in [6.45, 7) is 12.1. The Balaban J connectivity index is 0.000000667. The molecule has 0 atom stereocenters. The molecule has 0 spiro atoms. The van der Waals surface area contributed by atoms with Crippen molar-refractivity contribution in [2.24, 2.45) is 0 Å². The smallest absolute Gasteiger partial charge is 0.667 e. The topological polar surface area (TPSA) is 13.1 Å². The van der Waals surface area contributed by atoms with Crippen LogP contribution in [0, 0.1) is 12.1 Å². The molecule has 0 fully saturated rings. The monoisotopic (exact) mass is 267 g/mol. The Morgan fingerprint density at radius 1 is 0.950 bits per heavy atom. The first kappa shape index (κ1) is 18.5. The molecule has 2 heterocycles. The standard InChI is InChI=1S/C13H12NO.2C2H6.Be/c1-9-10(2)15-12-7-3-5-11-6-4-8-14(9)13(11)12;2*1-2;/h3-8H,1-2H3;2*1-2H3;/q-1;;;+2. The molecule has 3 rings (SSSR count). The second kappa shape index (κ2) is 8.60. The van der Waals surface area contributed by atoms with Crippen molar-refractivity contribution in [3.8, 4) is 5.75 Å². The summed E-state index contributed by atoms with van der Waals surface area (Å²) in [7, 11) is 0. The largest absolute Gasteiger partial charge is 2.00 e. The zero-order valence-corrected chi connectivity index (χ0v) is 13.5. The van der Waals surface area contributed by atoms with Gasteiger partial charge >= 0.3 is 10.1 Å². The van der Waals surface area contributed by atoms with E-state index >= 15 is 0 Å². The zero-order chi connectivity index (χ0) is 14.4. The first-order valence-electron chi connectivity index (χ1n) is 7.06. The minimum absolute atomic E-state index is 0. The molecule has 20 heavy (non-hydrogen) atoms. The van der Waals surface area contributed by atoms with Crippen molar-refractivity contribution in [3.63, 3.8) is 0 Å². The summed E-state index contributed by atoms with van der Waals surface area (Å²) in [5, 5.41) is 1.21. The van der Waals surface area contributed by atoms with Crippen LogP contribution in [-0.2, 0) is 0 Å². The van der Waals surface area contributed by atoms with Crippen LogP contribution in [0.3, 0.4) is 0 Å². The van der Waals surface area contributed by atoms with E-state index < -0.39 is 0 Å². The maximum atomic E-state index is 5.77. The van der Waals surface area contributed by atoms with Gasteiger partial charge < -0.3 is 9.30 Å². The van der Waals surface area contributed by atoms with Crippen LogP contribution in [0.2, 0.25) is 0 Å². The van der Waals surface area contributed by atoms with Gasteiger partial charge in [0.05, 0.1) is 11.9 Å². The van der Waals surface area contributed by atoms with Crippen molar-refractivity contribution >= 4 is 21.0 Å². The maximum Gasteiger partial charge on any atom is 2.00 e. The number of rotatable bonds is 0. The van der Waals surface area contributed by atoms with Gasteiger partial charge in [0.1, 0.15) is 5.52 Å². The van der Waals surface area contributed by atoms with E-state index in [9.17, 15) is 0 Å². The summed E-state index contributed by atoms with van der Waals surface area (Å²) in [5.74, 6) is 0.941. The number of ether oxygens (including phenoxy) is 1. The summed E-state index contributed by atoms with van der Waals surface area (Å²) in [6.07, 6.45) is 3.04. The van der Waals surface area contributed by atoms with Crippen molar-refractivity contribution in [3.05, 3.63) is 48.7 Å². The predicted molar refractivity (Wildman–Crippen MR) is 86.5 cm³/mol. The average Bonchev–Trinajstić information content (AvgIpc) is 2.49. The van der Waals surface area contributed by atoms with Crippen LogP contribution >= 0.6 is 0 Å². The molecule has 1 aliphatic heterocycles. The number of pyridine rings is 1. The molecule has 0 aliphatic carbocycles. The summed E-state index contributed by atoms with van der Waals surface area (Å²) in [6, 6.07) is 11.5. The van der Waals surface area contributed by atoms with Gasteiger partial charge in [0.15, 0.2) is 0 Å². The van der Waals surface area contributed by atoms with Crippen LogP contribution in [0.25, 0.3) is 10.9 Å². The van der Waals surface area contributed by atoms with E-state index in [1.807, 2.05) is 46.8 Å². The van der Waals surface area contributed by atoms with Crippen molar-refractivity contribution in [1.29, 1.82) is 0 Å². The van der Waals surface area contributed by atoms with Gasteiger partial charge in [-0.15, -0.1) is 6.10 Å². The van der Waals surface area contributed by atoms with Gasteiger partial charge in [-0.2, -0.15) is 6.92 Å². The van der Waals surface area contributed by atoms with E-state index in [1.165, 1.54) is 5.39 Å². The van der Waals surface area contributed by atoms with E-state index in [4.69, 9.17) is 4.74 Å². The second-order valence-corrected chi connectivity index (χ2v) is 3.82. The van der Waals surface area contributed by atoms with Crippen molar-refractivity contribution in [1.82, 2.24) is 0 Å². The quantitative estimate of drug-likeness (QED) is 0.397. The number of hydrogen-bond donors (Lipinski definition) is 0. The molecule has 0 N–H and O–H groups in total. The molecule has 0 radical (unpaired) electrons. The van der Waals surface area contributed by atoms with Crippen molar-refractivity contribution < 1.29 is 9.30 Å². The number of benzene rings is 1. The molecular weight excluding hydrogens is 243 g/mol. The molecule has 3 heteroatoms. The molecule has 1 aromatic heterocycles. The van der Waals surface area contributed by atoms with Gasteiger partial charge in [-0.1, -0.05) is 64.9 Å². The summed E-state index contributed by atoms with van der Waals surface area (Å²) >= 11 is 0. The number of aromatic nitrogens is 1.